The molecule has 1 atom stereocenters. The molecule has 5 nitrogen and oxygen atoms in total. The first kappa shape index (κ1) is 19.6. The molecular weight excluding hydrogens is 328 g/mol. The lowest BCUT2D eigenvalue weighted by atomic mass is 10.1. The van der Waals surface area contributed by atoms with Crippen LogP contribution in [0.15, 0.2) is 48.5 Å². The van der Waals surface area contributed by atoms with E-state index in [1.54, 1.807) is 0 Å². The van der Waals surface area contributed by atoms with E-state index in [1.165, 1.54) is 0 Å². The molecule has 2 aromatic rings. The summed E-state index contributed by atoms with van der Waals surface area (Å²) in [5.74, 6) is 0.768. The van der Waals surface area contributed by atoms with Gasteiger partial charge in [-0.1, -0.05) is 24.3 Å². The Morgan fingerprint density at radius 3 is 2.54 bits per heavy atom. The minimum atomic E-state index is -0.537. The largest absolute Gasteiger partial charge is 0.488 e. The minimum absolute atomic E-state index is 0.244. The van der Waals surface area contributed by atoms with Crippen molar-refractivity contribution in [2.75, 3.05) is 12.3 Å². The Balaban J connectivity index is 2.06. The van der Waals surface area contributed by atoms with Crippen molar-refractivity contribution < 1.29 is 14.3 Å². The van der Waals surface area contributed by atoms with Gasteiger partial charge in [0.25, 0.3) is 0 Å². The first-order valence-corrected chi connectivity index (χ1v) is 8.76. The van der Waals surface area contributed by atoms with Crippen LogP contribution in [0.25, 0.3) is 0 Å². The maximum Gasteiger partial charge on any atom is 0.407 e. The van der Waals surface area contributed by atoms with Crippen molar-refractivity contribution >= 4 is 11.8 Å². The van der Waals surface area contributed by atoms with E-state index in [4.69, 9.17) is 15.2 Å². The molecule has 0 saturated carbocycles. The number of nitrogen functional groups attached to an aromatic ring is 1. The fourth-order valence-electron chi connectivity index (χ4n) is 2.53. The van der Waals surface area contributed by atoms with Crippen LogP contribution in [0, 0.1) is 6.92 Å². The molecule has 2 aromatic carbocycles. The zero-order valence-electron chi connectivity index (χ0n) is 15.9. The molecule has 0 aliphatic carbocycles. The van der Waals surface area contributed by atoms with E-state index in [9.17, 15) is 4.79 Å². The molecule has 0 aliphatic heterocycles. The second-order valence-electron chi connectivity index (χ2n) is 7.39. The van der Waals surface area contributed by atoms with Crippen LogP contribution in [0.3, 0.4) is 0 Å². The van der Waals surface area contributed by atoms with Gasteiger partial charge in [-0.2, -0.15) is 0 Å². The molecule has 140 valence electrons. The van der Waals surface area contributed by atoms with Gasteiger partial charge in [0.05, 0.1) is 6.54 Å². The van der Waals surface area contributed by atoms with Gasteiger partial charge < -0.3 is 20.5 Å². The third-order valence-corrected chi connectivity index (χ3v) is 3.58. The molecule has 26 heavy (non-hydrogen) atoms. The van der Waals surface area contributed by atoms with E-state index in [-0.39, 0.29) is 6.10 Å². The number of benzene rings is 2. The monoisotopic (exact) mass is 356 g/mol. The number of carbonyl (C=O) groups excluding carboxylic acids is 1. The SMILES string of the molecule is Cc1cccc(OC(CNC(=O)OC(C)(C)C)Cc2cccc(N)c2)c1. The van der Waals surface area contributed by atoms with E-state index in [2.05, 4.69) is 5.32 Å². The molecule has 2 rings (SSSR count). The predicted molar refractivity (Wildman–Crippen MR) is 104 cm³/mol. The zero-order chi connectivity index (χ0) is 19.2. The Morgan fingerprint density at radius 1 is 1.15 bits per heavy atom. The summed E-state index contributed by atoms with van der Waals surface area (Å²) in [5.41, 5.74) is 8.20. The standard InChI is InChI=1S/C21H28N2O3/c1-15-7-5-10-18(11-15)25-19(13-16-8-6-9-17(22)12-16)14-23-20(24)26-21(2,3)4/h5-12,19H,13-14,22H2,1-4H3,(H,23,24). The molecule has 0 bridgehead atoms. The highest BCUT2D eigenvalue weighted by Crippen LogP contribution is 2.17. The van der Waals surface area contributed by atoms with Crippen LogP contribution in [0.5, 0.6) is 5.75 Å². The maximum atomic E-state index is 12.0. The number of carbonyl (C=O) groups is 1. The molecule has 5 heteroatoms. The van der Waals surface area contributed by atoms with Crippen LogP contribution in [0.2, 0.25) is 0 Å². The zero-order valence-corrected chi connectivity index (χ0v) is 15.9. The summed E-state index contributed by atoms with van der Waals surface area (Å²) in [5, 5.41) is 2.79. The average molecular weight is 356 g/mol. The van der Waals surface area contributed by atoms with E-state index in [0.29, 0.717) is 18.7 Å². The van der Waals surface area contributed by atoms with Crippen molar-refractivity contribution in [3.05, 3.63) is 59.7 Å². The smallest absolute Gasteiger partial charge is 0.407 e. The van der Waals surface area contributed by atoms with E-state index < -0.39 is 11.7 Å². The van der Waals surface area contributed by atoms with Crippen LogP contribution in [-0.4, -0.2) is 24.3 Å². The lowest BCUT2D eigenvalue weighted by Crippen LogP contribution is -2.39. The molecule has 0 aliphatic rings. The second kappa shape index (κ2) is 8.61. The molecule has 1 amide bonds. The summed E-state index contributed by atoms with van der Waals surface area (Å²) in [6.07, 6.45) is -0.0801. The summed E-state index contributed by atoms with van der Waals surface area (Å²) in [6.45, 7) is 7.84. The fraction of sp³-hybridized carbons (Fsp3) is 0.381. The number of rotatable bonds is 6. The Hall–Kier alpha value is -2.69. The number of nitrogens with one attached hydrogen (secondary N) is 1. The Bertz CT molecular complexity index is 691. The van der Waals surface area contributed by atoms with Crippen LogP contribution >= 0.6 is 0 Å². The lowest BCUT2D eigenvalue weighted by Gasteiger charge is -2.23. The number of hydrogen-bond donors (Lipinski definition) is 2. The Kier molecular flexibility index (Phi) is 6.50. The highest BCUT2D eigenvalue weighted by molar-refractivity contribution is 5.67. The van der Waals surface area contributed by atoms with E-state index >= 15 is 0 Å². The van der Waals surface area contributed by atoms with Crippen LogP contribution < -0.4 is 15.8 Å². The van der Waals surface area contributed by atoms with Gasteiger partial charge in [0.2, 0.25) is 0 Å². The number of alkyl carbamates (subject to hydrolysis) is 1. The molecule has 3 N–H and O–H groups in total. The third kappa shape index (κ3) is 7.05. The summed E-state index contributed by atoms with van der Waals surface area (Å²) < 4.78 is 11.4. The van der Waals surface area contributed by atoms with Gasteiger partial charge in [0.15, 0.2) is 0 Å². The normalized spacial score (nSPS) is 12.3. The third-order valence-electron chi connectivity index (χ3n) is 3.58. The van der Waals surface area contributed by atoms with Crippen molar-refractivity contribution in [2.24, 2.45) is 0 Å². The molecule has 0 heterocycles. The maximum absolute atomic E-state index is 12.0. The van der Waals surface area contributed by atoms with Gasteiger partial charge in [-0.25, -0.2) is 4.79 Å². The number of hydrogen-bond acceptors (Lipinski definition) is 4. The number of nitrogens with two attached hydrogens (primary N) is 1. The first-order valence-electron chi connectivity index (χ1n) is 8.76. The van der Waals surface area contributed by atoms with Gasteiger partial charge in [-0.3, -0.25) is 0 Å². The van der Waals surface area contributed by atoms with Gasteiger partial charge in [-0.15, -0.1) is 0 Å². The van der Waals surface area contributed by atoms with Gasteiger partial charge in [0.1, 0.15) is 17.5 Å². The highest BCUT2D eigenvalue weighted by atomic mass is 16.6. The summed E-state index contributed by atoms with van der Waals surface area (Å²) in [7, 11) is 0. The van der Waals surface area contributed by atoms with Crippen molar-refractivity contribution in [3.63, 3.8) is 0 Å². The number of ether oxygens (including phenoxy) is 2. The fourth-order valence-corrected chi connectivity index (χ4v) is 2.53. The van der Waals surface area contributed by atoms with Gasteiger partial charge >= 0.3 is 6.09 Å². The quantitative estimate of drug-likeness (QED) is 0.765. The van der Waals surface area contributed by atoms with Crippen LogP contribution in [-0.2, 0) is 11.2 Å². The van der Waals surface area contributed by atoms with Crippen molar-refractivity contribution in [3.8, 4) is 5.75 Å². The lowest BCUT2D eigenvalue weighted by molar-refractivity contribution is 0.0500. The highest BCUT2D eigenvalue weighted by Gasteiger charge is 2.19. The predicted octanol–water partition coefficient (Wildman–Crippen LogP) is 4.09. The van der Waals surface area contributed by atoms with Crippen molar-refractivity contribution in [1.82, 2.24) is 5.32 Å². The number of aryl methyl sites for hydroxylation is 1. The molecule has 0 aromatic heterocycles. The second-order valence-corrected chi connectivity index (χ2v) is 7.39. The molecule has 0 radical (unpaired) electrons. The number of anilines is 1. The topological polar surface area (TPSA) is 73.6 Å². The van der Waals surface area contributed by atoms with Crippen molar-refractivity contribution in [1.29, 1.82) is 0 Å². The molecule has 0 spiro atoms. The van der Waals surface area contributed by atoms with Crippen LogP contribution in [0.4, 0.5) is 10.5 Å². The Labute approximate surface area is 155 Å². The summed E-state index contributed by atoms with van der Waals surface area (Å²) >= 11 is 0. The van der Waals surface area contributed by atoms with Gasteiger partial charge in [-0.05, 0) is 63.1 Å². The van der Waals surface area contributed by atoms with E-state index in [0.717, 1.165) is 16.9 Å². The molecule has 0 saturated heterocycles. The average Bonchev–Trinajstić information content (AvgIpc) is 2.51. The molecule has 0 fully saturated rings. The first-order chi connectivity index (χ1) is 12.2. The van der Waals surface area contributed by atoms with Crippen LogP contribution in [0.1, 0.15) is 31.9 Å². The summed E-state index contributed by atoms with van der Waals surface area (Å²) in [6, 6.07) is 15.5. The van der Waals surface area contributed by atoms with Crippen molar-refractivity contribution in [2.45, 2.75) is 45.8 Å². The van der Waals surface area contributed by atoms with Gasteiger partial charge in [0, 0.05) is 12.1 Å². The summed E-state index contributed by atoms with van der Waals surface area (Å²) in [4.78, 5) is 12.0. The number of amides is 1. The minimum Gasteiger partial charge on any atom is -0.488 e. The molecule has 1 unspecified atom stereocenters. The van der Waals surface area contributed by atoms with E-state index in [1.807, 2.05) is 76.2 Å². The molecular formula is C21H28N2O3. The Morgan fingerprint density at radius 2 is 1.88 bits per heavy atom.